The van der Waals surface area contributed by atoms with E-state index in [1.165, 1.54) is 5.56 Å². The second-order valence-corrected chi connectivity index (χ2v) is 5.25. The molecule has 0 saturated heterocycles. The molecule has 2 aromatic rings. The van der Waals surface area contributed by atoms with Crippen molar-refractivity contribution in [3.63, 3.8) is 0 Å². The number of rotatable bonds is 5. The van der Waals surface area contributed by atoms with E-state index in [9.17, 15) is 0 Å². The van der Waals surface area contributed by atoms with Crippen LogP contribution in [-0.4, -0.2) is 11.0 Å². The van der Waals surface area contributed by atoms with Gasteiger partial charge in [-0.2, -0.15) is 0 Å². The average molecular weight is 267 g/mol. The minimum Gasteiger partial charge on any atom is -0.308 e. The van der Waals surface area contributed by atoms with Gasteiger partial charge in [0.05, 0.1) is 11.2 Å². The fourth-order valence-electron chi connectivity index (χ4n) is 1.65. The van der Waals surface area contributed by atoms with E-state index in [0.717, 1.165) is 23.7 Å². The van der Waals surface area contributed by atoms with E-state index >= 15 is 0 Å². The first-order valence-electron chi connectivity index (χ1n) is 5.59. The first-order valence-corrected chi connectivity index (χ1v) is 6.91. The van der Waals surface area contributed by atoms with Gasteiger partial charge in [-0.3, -0.25) is 0 Å². The Morgan fingerprint density at radius 1 is 1.35 bits per heavy atom. The van der Waals surface area contributed by atoms with Gasteiger partial charge in [0.15, 0.2) is 0 Å². The molecule has 90 valence electrons. The Hall–Kier alpha value is -0.900. The van der Waals surface area contributed by atoms with Gasteiger partial charge in [-0.15, -0.1) is 11.3 Å². The highest BCUT2D eigenvalue weighted by molar-refractivity contribution is 7.07. The van der Waals surface area contributed by atoms with E-state index in [-0.39, 0.29) is 0 Å². The zero-order chi connectivity index (χ0) is 12.1. The summed E-state index contributed by atoms with van der Waals surface area (Å²) in [6.45, 7) is 3.01. The molecule has 0 fully saturated rings. The van der Waals surface area contributed by atoms with Crippen molar-refractivity contribution >= 4 is 22.9 Å². The van der Waals surface area contributed by atoms with Crippen molar-refractivity contribution < 1.29 is 0 Å². The fraction of sp³-hybridized carbons (Fsp3) is 0.308. The zero-order valence-electron chi connectivity index (χ0n) is 9.69. The topological polar surface area (TPSA) is 24.9 Å². The summed E-state index contributed by atoms with van der Waals surface area (Å²) < 4.78 is 0. The van der Waals surface area contributed by atoms with Crippen LogP contribution in [0.2, 0.25) is 5.02 Å². The van der Waals surface area contributed by atoms with Crippen molar-refractivity contribution in [1.29, 1.82) is 0 Å². The average Bonchev–Trinajstić information content (AvgIpc) is 2.83. The summed E-state index contributed by atoms with van der Waals surface area (Å²) in [5, 5.41) is 6.32. The molecule has 1 aromatic heterocycles. The lowest BCUT2D eigenvalue weighted by Crippen LogP contribution is -2.27. The van der Waals surface area contributed by atoms with E-state index in [1.54, 1.807) is 11.3 Å². The Balaban J connectivity index is 1.80. The zero-order valence-corrected chi connectivity index (χ0v) is 11.3. The summed E-state index contributed by atoms with van der Waals surface area (Å²) in [6.07, 6.45) is 1.00. The van der Waals surface area contributed by atoms with Crippen LogP contribution in [0.5, 0.6) is 0 Å². The number of aromatic nitrogens is 1. The van der Waals surface area contributed by atoms with Gasteiger partial charge >= 0.3 is 0 Å². The molecule has 17 heavy (non-hydrogen) atoms. The van der Waals surface area contributed by atoms with E-state index in [4.69, 9.17) is 11.6 Å². The SMILES string of the molecule is CC(Cc1ccc(Cl)cc1)NCc1cscn1. The third-order valence-electron chi connectivity index (χ3n) is 2.57. The summed E-state index contributed by atoms with van der Waals surface area (Å²) in [4.78, 5) is 4.25. The van der Waals surface area contributed by atoms with Crippen LogP contribution in [0.3, 0.4) is 0 Å². The van der Waals surface area contributed by atoms with Crippen LogP contribution in [0.4, 0.5) is 0 Å². The summed E-state index contributed by atoms with van der Waals surface area (Å²) in [7, 11) is 0. The maximum Gasteiger partial charge on any atom is 0.0795 e. The molecule has 4 heteroatoms. The Kier molecular flexibility index (Phi) is 4.54. The van der Waals surface area contributed by atoms with Crippen LogP contribution in [0, 0.1) is 0 Å². The summed E-state index contributed by atoms with van der Waals surface area (Å²) in [6, 6.07) is 8.44. The molecule has 0 amide bonds. The van der Waals surface area contributed by atoms with Crippen molar-refractivity contribution in [2.75, 3.05) is 0 Å². The van der Waals surface area contributed by atoms with Crippen molar-refractivity contribution in [2.24, 2.45) is 0 Å². The molecule has 0 aliphatic heterocycles. The third kappa shape index (κ3) is 4.11. The monoisotopic (exact) mass is 266 g/mol. The lowest BCUT2D eigenvalue weighted by Gasteiger charge is -2.12. The largest absolute Gasteiger partial charge is 0.308 e. The van der Waals surface area contributed by atoms with Crippen molar-refractivity contribution in [1.82, 2.24) is 10.3 Å². The Bertz CT molecular complexity index is 439. The quantitative estimate of drug-likeness (QED) is 0.896. The van der Waals surface area contributed by atoms with Crippen LogP contribution in [0.15, 0.2) is 35.2 Å². The van der Waals surface area contributed by atoms with Crippen molar-refractivity contribution in [2.45, 2.75) is 25.9 Å². The molecule has 0 spiro atoms. The third-order valence-corrected chi connectivity index (χ3v) is 3.46. The van der Waals surface area contributed by atoms with Gasteiger partial charge < -0.3 is 5.32 Å². The number of halogens is 1. The van der Waals surface area contributed by atoms with Crippen LogP contribution in [0.1, 0.15) is 18.2 Å². The van der Waals surface area contributed by atoms with Gasteiger partial charge in [0, 0.05) is 23.0 Å². The lowest BCUT2D eigenvalue weighted by molar-refractivity contribution is 0.541. The van der Waals surface area contributed by atoms with E-state index in [1.807, 2.05) is 17.6 Å². The highest BCUT2D eigenvalue weighted by Gasteiger charge is 2.04. The Morgan fingerprint density at radius 2 is 2.12 bits per heavy atom. The standard InChI is InChI=1S/C13H15ClN2S/c1-10(15-7-13-8-17-9-16-13)6-11-2-4-12(14)5-3-11/h2-5,8-10,15H,6-7H2,1H3. The first kappa shape index (κ1) is 12.6. The highest BCUT2D eigenvalue weighted by Crippen LogP contribution is 2.11. The van der Waals surface area contributed by atoms with Crippen LogP contribution in [-0.2, 0) is 13.0 Å². The molecule has 1 atom stereocenters. The molecule has 2 rings (SSSR count). The Labute approximate surface area is 111 Å². The molecule has 1 N–H and O–H groups in total. The van der Waals surface area contributed by atoms with E-state index < -0.39 is 0 Å². The predicted octanol–water partition coefficient (Wildman–Crippen LogP) is 3.52. The second kappa shape index (κ2) is 6.15. The van der Waals surface area contributed by atoms with Crippen LogP contribution < -0.4 is 5.32 Å². The maximum atomic E-state index is 5.85. The van der Waals surface area contributed by atoms with E-state index in [2.05, 4.69) is 34.7 Å². The molecule has 0 radical (unpaired) electrons. The number of nitrogens with zero attached hydrogens (tertiary/aromatic N) is 1. The second-order valence-electron chi connectivity index (χ2n) is 4.09. The summed E-state index contributed by atoms with van der Waals surface area (Å²) >= 11 is 7.49. The molecule has 0 saturated carbocycles. The molecular formula is C13H15ClN2S. The number of nitrogens with one attached hydrogen (secondary N) is 1. The molecule has 0 aliphatic carbocycles. The van der Waals surface area contributed by atoms with Gasteiger partial charge in [0.1, 0.15) is 0 Å². The lowest BCUT2D eigenvalue weighted by atomic mass is 10.1. The molecule has 0 aliphatic rings. The first-order chi connectivity index (χ1) is 8.24. The fourth-order valence-corrected chi connectivity index (χ4v) is 2.33. The normalized spacial score (nSPS) is 12.6. The molecule has 1 unspecified atom stereocenters. The van der Waals surface area contributed by atoms with Gasteiger partial charge in [0.2, 0.25) is 0 Å². The van der Waals surface area contributed by atoms with Crippen molar-refractivity contribution in [3.8, 4) is 0 Å². The summed E-state index contributed by atoms with van der Waals surface area (Å²) in [5.41, 5.74) is 4.27. The highest BCUT2D eigenvalue weighted by atomic mass is 35.5. The molecule has 2 nitrogen and oxygen atoms in total. The Morgan fingerprint density at radius 3 is 2.76 bits per heavy atom. The number of thiazole rings is 1. The minimum absolute atomic E-state index is 0.429. The number of hydrogen-bond donors (Lipinski definition) is 1. The van der Waals surface area contributed by atoms with Gasteiger partial charge in [0.25, 0.3) is 0 Å². The van der Waals surface area contributed by atoms with Crippen molar-refractivity contribution in [3.05, 3.63) is 51.4 Å². The van der Waals surface area contributed by atoms with Gasteiger partial charge in [-0.25, -0.2) is 4.98 Å². The molecule has 1 heterocycles. The maximum absolute atomic E-state index is 5.85. The number of hydrogen-bond acceptors (Lipinski definition) is 3. The molecule has 1 aromatic carbocycles. The summed E-state index contributed by atoms with van der Waals surface area (Å²) in [5.74, 6) is 0. The number of benzene rings is 1. The minimum atomic E-state index is 0.429. The predicted molar refractivity (Wildman–Crippen MR) is 73.6 cm³/mol. The van der Waals surface area contributed by atoms with E-state index in [0.29, 0.717) is 6.04 Å². The smallest absolute Gasteiger partial charge is 0.0795 e. The molecule has 0 bridgehead atoms. The van der Waals surface area contributed by atoms with Gasteiger partial charge in [-0.05, 0) is 31.0 Å². The van der Waals surface area contributed by atoms with Crippen LogP contribution >= 0.6 is 22.9 Å². The van der Waals surface area contributed by atoms with Crippen LogP contribution in [0.25, 0.3) is 0 Å². The molecular weight excluding hydrogens is 252 g/mol. The van der Waals surface area contributed by atoms with Gasteiger partial charge in [-0.1, -0.05) is 23.7 Å².